The highest BCUT2D eigenvalue weighted by Gasteiger charge is 2.06. The molecular weight excluding hydrogens is 296 g/mol. The van der Waals surface area contributed by atoms with E-state index in [9.17, 15) is 4.79 Å². The molecule has 0 spiro atoms. The van der Waals surface area contributed by atoms with Gasteiger partial charge in [-0.15, -0.1) is 0 Å². The van der Waals surface area contributed by atoms with E-state index in [1.807, 2.05) is 32.9 Å². The number of benzene rings is 1. The number of aryl methyl sites for hydroxylation is 2. The number of ether oxygens (including phenoxy) is 2. The third kappa shape index (κ3) is 4.69. The topological polar surface area (TPSA) is 35.5 Å². The SMILES string of the molecule is CCOC(=O)CCCOc1c(C)cc(Br)cc1C. The van der Waals surface area contributed by atoms with Crippen molar-refractivity contribution in [2.45, 2.75) is 33.6 Å². The lowest BCUT2D eigenvalue weighted by Crippen LogP contribution is -2.07. The van der Waals surface area contributed by atoms with Crippen LogP contribution in [0.15, 0.2) is 16.6 Å². The minimum atomic E-state index is -0.162. The van der Waals surface area contributed by atoms with Gasteiger partial charge in [0.15, 0.2) is 0 Å². The second kappa shape index (κ2) is 7.41. The predicted octanol–water partition coefficient (Wildman–Crippen LogP) is 3.79. The molecule has 4 heteroatoms. The summed E-state index contributed by atoms with van der Waals surface area (Å²) >= 11 is 3.45. The summed E-state index contributed by atoms with van der Waals surface area (Å²) in [4.78, 5) is 11.1. The Morgan fingerprint density at radius 1 is 1.28 bits per heavy atom. The first-order chi connectivity index (χ1) is 8.54. The standard InChI is InChI=1S/C14H19BrO3/c1-4-17-13(16)6-5-7-18-14-10(2)8-12(15)9-11(14)3/h8-9H,4-7H2,1-3H3. The van der Waals surface area contributed by atoms with Gasteiger partial charge in [-0.05, 0) is 50.5 Å². The van der Waals surface area contributed by atoms with Gasteiger partial charge in [-0.1, -0.05) is 15.9 Å². The molecule has 3 nitrogen and oxygen atoms in total. The molecule has 0 aliphatic carbocycles. The molecule has 0 aliphatic rings. The second-order valence-corrected chi connectivity index (χ2v) is 5.04. The van der Waals surface area contributed by atoms with Crippen molar-refractivity contribution in [1.29, 1.82) is 0 Å². The Kier molecular flexibility index (Phi) is 6.19. The van der Waals surface area contributed by atoms with Crippen molar-refractivity contribution in [1.82, 2.24) is 0 Å². The maximum atomic E-state index is 11.1. The number of carbonyl (C=O) groups excluding carboxylic acids is 1. The van der Waals surface area contributed by atoms with Gasteiger partial charge in [0.1, 0.15) is 5.75 Å². The molecule has 0 saturated heterocycles. The number of esters is 1. The maximum Gasteiger partial charge on any atom is 0.305 e. The van der Waals surface area contributed by atoms with Gasteiger partial charge in [-0.25, -0.2) is 0 Å². The molecule has 0 aliphatic heterocycles. The summed E-state index contributed by atoms with van der Waals surface area (Å²) < 4.78 is 11.6. The molecule has 0 aromatic heterocycles. The lowest BCUT2D eigenvalue weighted by Gasteiger charge is -2.12. The first-order valence-electron chi connectivity index (χ1n) is 6.09. The van der Waals surface area contributed by atoms with Gasteiger partial charge in [0, 0.05) is 10.9 Å². The van der Waals surface area contributed by atoms with E-state index >= 15 is 0 Å². The quantitative estimate of drug-likeness (QED) is 0.592. The highest BCUT2D eigenvalue weighted by atomic mass is 79.9. The van der Waals surface area contributed by atoms with Gasteiger partial charge < -0.3 is 9.47 Å². The van der Waals surface area contributed by atoms with Crippen molar-refractivity contribution in [2.24, 2.45) is 0 Å². The summed E-state index contributed by atoms with van der Waals surface area (Å²) in [6.45, 7) is 6.80. The molecule has 1 aromatic rings. The van der Waals surface area contributed by atoms with E-state index in [0.29, 0.717) is 26.1 Å². The molecule has 0 amide bonds. The number of rotatable bonds is 6. The minimum absolute atomic E-state index is 0.162. The van der Waals surface area contributed by atoms with Crippen LogP contribution in [0, 0.1) is 13.8 Å². The fourth-order valence-corrected chi connectivity index (χ4v) is 2.44. The average Bonchev–Trinajstić information content (AvgIpc) is 2.27. The number of hydrogen-bond donors (Lipinski definition) is 0. The molecule has 0 N–H and O–H groups in total. The Hall–Kier alpha value is -1.03. The smallest absolute Gasteiger partial charge is 0.305 e. The van der Waals surface area contributed by atoms with Crippen LogP contribution in [-0.2, 0) is 9.53 Å². The maximum absolute atomic E-state index is 11.1. The normalized spacial score (nSPS) is 10.2. The van der Waals surface area contributed by atoms with Crippen LogP contribution in [0.25, 0.3) is 0 Å². The van der Waals surface area contributed by atoms with Crippen molar-refractivity contribution in [3.8, 4) is 5.75 Å². The molecule has 100 valence electrons. The van der Waals surface area contributed by atoms with Crippen molar-refractivity contribution < 1.29 is 14.3 Å². The second-order valence-electron chi connectivity index (χ2n) is 4.13. The Bertz CT molecular complexity index is 392. The molecule has 1 aromatic carbocycles. The van der Waals surface area contributed by atoms with Crippen molar-refractivity contribution in [3.63, 3.8) is 0 Å². The third-order valence-electron chi connectivity index (χ3n) is 2.50. The highest BCUT2D eigenvalue weighted by molar-refractivity contribution is 9.10. The van der Waals surface area contributed by atoms with E-state index in [1.54, 1.807) is 0 Å². The minimum Gasteiger partial charge on any atom is -0.493 e. The number of carbonyl (C=O) groups is 1. The fraction of sp³-hybridized carbons (Fsp3) is 0.500. The summed E-state index contributed by atoms with van der Waals surface area (Å²) in [5.41, 5.74) is 2.19. The van der Waals surface area contributed by atoms with Crippen LogP contribution in [0.3, 0.4) is 0 Å². The summed E-state index contributed by atoms with van der Waals surface area (Å²) in [7, 11) is 0. The molecular formula is C14H19BrO3. The highest BCUT2D eigenvalue weighted by Crippen LogP contribution is 2.27. The van der Waals surface area contributed by atoms with E-state index in [4.69, 9.17) is 9.47 Å². The van der Waals surface area contributed by atoms with Gasteiger partial charge in [0.25, 0.3) is 0 Å². The monoisotopic (exact) mass is 314 g/mol. The molecule has 0 heterocycles. The van der Waals surface area contributed by atoms with E-state index in [2.05, 4.69) is 15.9 Å². The molecule has 0 bridgehead atoms. The van der Waals surface area contributed by atoms with Gasteiger partial charge in [-0.2, -0.15) is 0 Å². The Labute approximate surface area is 117 Å². The van der Waals surface area contributed by atoms with E-state index in [0.717, 1.165) is 21.3 Å². The van der Waals surface area contributed by atoms with E-state index < -0.39 is 0 Å². The zero-order valence-corrected chi connectivity index (χ0v) is 12.7. The van der Waals surface area contributed by atoms with Crippen LogP contribution in [0.4, 0.5) is 0 Å². The molecule has 0 atom stereocenters. The largest absolute Gasteiger partial charge is 0.493 e. The van der Waals surface area contributed by atoms with Crippen LogP contribution < -0.4 is 4.74 Å². The predicted molar refractivity (Wildman–Crippen MR) is 75.0 cm³/mol. The van der Waals surface area contributed by atoms with Crippen molar-refractivity contribution >= 4 is 21.9 Å². The van der Waals surface area contributed by atoms with Gasteiger partial charge in [0.05, 0.1) is 13.2 Å². The van der Waals surface area contributed by atoms with Gasteiger partial charge >= 0.3 is 5.97 Å². The van der Waals surface area contributed by atoms with Crippen LogP contribution in [0.2, 0.25) is 0 Å². The number of halogens is 1. The Morgan fingerprint density at radius 3 is 2.44 bits per heavy atom. The van der Waals surface area contributed by atoms with Crippen LogP contribution in [0.5, 0.6) is 5.75 Å². The fourth-order valence-electron chi connectivity index (χ4n) is 1.75. The van der Waals surface area contributed by atoms with Gasteiger partial charge in [-0.3, -0.25) is 4.79 Å². The van der Waals surface area contributed by atoms with Gasteiger partial charge in [0.2, 0.25) is 0 Å². The van der Waals surface area contributed by atoms with E-state index in [1.165, 1.54) is 0 Å². The molecule has 0 saturated carbocycles. The van der Waals surface area contributed by atoms with E-state index in [-0.39, 0.29) is 5.97 Å². The Balaban J connectivity index is 2.42. The molecule has 0 radical (unpaired) electrons. The van der Waals surface area contributed by atoms with Crippen molar-refractivity contribution in [2.75, 3.05) is 13.2 Å². The third-order valence-corrected chi connectivity index (χ3v) is 2.96. The van der Waals surface area contributed by atoms with Crippen molar-refractivity contribution in [3.05, 3.63) is 27.7 Å². The average molecular weight is 315 g/mol. The summed E-state index contributed by atoms with van der Waals surface area (Å²) in [6, 6.07) is 4.04. The Morgan fingerprint density at radius 2 is 1.89 bits per heavy atom. The lowest BCUT2D eigenvalue weighted by molar-refractivity contribution is -0.143. The first-order valence-corrected chi connectivity index (χ1v) is 6.89. The molecule has 0 unspecified atom stereocenters. The van der Waals surface area contributed by atoms with Crippen LogP contribution in [-0.4, -0.2) is 19.2 Å². The lowest BCUT2D eigenvalue weighted by atomic mass is 10.1. The summed E-state index contributed by atoms with van der Waals surface area (Å²) in [5.74, 6) is 0.743. The zero-order valence-electron chi connectivity index (χ0n) is 11.1. The van der Waals surface area contributed by atoms with Crippen LogP contribution in [0.1, 0.15) is 30.9 Å². The first kappa shape index (κ1) is 15.0. The zero-order chi connectivity index (χ0) is 13.5. The molecule has 0 fully saturated rings. The summed E-state index contributed by atoms with van der Waals surface area (Å²) in [5, 5.41) is 0. The summed E-state index contributed by atoms with van der Waals surface area (Å²) in [6.07, 6.45) is 1.08. The molecule has 18 heavy (non-hydrogen) atoms. The molecule has 1 rings (SSSR count). The van der Waals surface area contributed by atoms with Crippen LogP contribution >= 0.6 is 15.9 Å². The number of hydrogen-bond acceptors (Lipinski definition) is 3.